The van der Waals surface area contributed by atoms with Gasteiger partial charge in [0.05, 0.1) is 38.3 Å². The largest absolute Gasteiger partial charge is 0.464 e. The summed E-state index contributed by atoms with van der Waals surface area (Å²) in [5, 5.41) is 23.8. The number of benzene rings is 1. The van der Waals surface area contributed by atoms with E-state index in [0.717, 1.165) is 11.1 Å². The summed E-state index contributed by atoms with van der Waals surface area (Å²) in [5.41, 5.74) is -3.35. The van der Waals surface area contributed by atoms with Crippen molar-refractivity contribution in [1.29, 1.82) is 0 Å². The highest BCUT2D eigenvalue weighted by Crippen LogP contribution is 2.67. The number of ether oxygens (including phenoxy) is 5. The van der Waals surface area contributed by atoms with E-state index in [1.165, 1.54) is 21.0 Å². The van der Waals surface area contributed by atoms with Crippen molar-refractivity contribution in [1.82, 2.24) is 0 Å². The quantitative estimate of drug-likeness (QED) is 0.0930. The van der Waals surface area contributed by atoms with Crippen molar-refractivity contribution in [2.45, 2.75) is 91.0 Å². The number of hydrogen-bond donors (Lipinski definition) is 2. The highest BCUT2D eigenvalue weighted by atomic mass is 17.2. The van der Waals surface area contributed by atoms with Crippen LogP contribution >= 0.6 is 0 Å². The van der Waals surface area contributed by atoms with E-state index in [1.807, 2.05) is 45.0 Å². The van der Waals surface area contributed by atoms with Gasteiger partial charge < -0.3 is 33.9 Å². The van der Waals surface area contributed by atoms with Crippen LogP contribution in [0.1, 0.15) is 59.1 Å². The monoisotopic (exact) mass is 622 g/mol. The Balaban J connectivity index is 1.80. The third-order valence-electron chi connectivity index (χ3n) is 10.3. The number of esters is 2. The zero-order valence-electron chi connectivity index (χ0n) is 26.6. The topological polar surface area (TPSA) is 156 Å². The van der Waals surface area contributed by atoms with Gasteiger partial charge >= 0.3 is 11.9 Å². The molecule has 4 rings (SSSR count). The molecule has 1 aromatic carbocycles. The maximum absolute atomic E-state index is 13.8. The molecule has 3 fully saturated rings. The molecule has 3 aliphatic rings. The lowest BCUT2D eigenvalue weighted by atomic mass is 9.52. The molecular weight excluding hydrogens is 576 g/mol. The number of fused-ring (bicyclic) bond motifs is 1. The van der Waals surface area contributed by atoms with E-state index < -0.39 is 76.8 Å². The molecule has 1 aromatic rings. The minimum absolute atomic E-state index is 0.0282. The average molecular weight is 623 g/mol. The molecule has 0 bridgehead atoms. The molecule has 2 N–H and O–H groups in total. The predicted octanol–water partition coefficient (Wildman–Crippen LogP) is 2.50. The van der Waals surface area contributed by atoms with Gasteiger partial charge in [0.25, 0.3) is 6.47 Å². The molecule has 9 atom stereocenters. The summed E-state index contributed by atoms with van der Waals surface area (Å²) in [6.45, 7) is 10.8. The van der Waals surface area contributed by atoms with Gasteiger partial charge in [-0.25, -0.2) is 14.6 Å². The van der Waals surface area contributed by atoms with Gasteiger partial charge in [-0.1, -0.05) is 52.0 Å². The van der Waals surface area contributed by atoms with Crippen molar-refractivity contribution >= 4 is 18.4 Å². The Hall–Kier alpha value is -2.61. The van der Waals surface area contributed by atoms with Crippen molar-refractivity contribution in [2.24, 2.45) is 28.1 Å². The number of aliphatic hydroxyl groups is 2. The summed E-state index contributed by atoms with van der Waals surface area (Å²) in [5.74, 6) is -2.73. The maximum atomic E-state index is 13.8. The predicted molar refractivity (Wildman–Crippen MR) is 153 cm³/mol. The van der Waals surface area contributed by atoms with E-state index in [9.17, 15) is 24.6 Å². The molecule has 12 nitrogen and oxygen atoms in total. The first kappa shape index (κ1) is 34.3. The van der Waals surface area contributed by atoms with Crippen molar-refractivity contribution in [3.63, 3.8) is 0 Å². The third kappa shape index (κ3) is 5.88. The van der Waals surface area contributed by atoms with Crippen LogP contribution in [0.2, 0.25) is 0 Å². The molecule has 0 aromatic heterocycles. The number of rotatable bonds is 11. The lowest BCUT2D eigenvalue weighted by Crippen LogP contribution is -2.68. The molecule has 12 heteroatoms. The summed E-state index contributed by atoms with van der Waals surface area (Å²) in [6.07, 6.45) is -4.40. The molecule has 2 heterocycles. The first-order valence-corrected chi connectivity index (χ1v) is 15.0. The summed E-state index contributed by atoms with van der Waals surface area (Å²) >= 11 is 0. The lowest BCUT2D eigenvalue weighted by Gasteiger charge is -2.56. The summed E-state index contributed by atoms with van der Waals surface area (Å²) in [7, 11) is 1.45. The highest BCUT2D eigenvalue weighted by Gasteiger charge is 2.76. The summed E-state index contributed by atoms with van der Waals surface area (Å²) < 4.78 is 29.1. The first-order valence-electron chi connectivity index (χ1n) is 15.0. The zero-order valence-corrected chi connectivity index (χ0v) is 26.6. The molecule has 0 amide bonds. The van der Waals surface area contributed by atoms with E-state index in [2.05, 4.69) is 4.89 Å². The SMILES string of the molecule is COOCCc1ccc(CO[C@H]2C(=O)OCOCC3([C@@H](O)C4OC(=O)[C@@H](C)[C@@]4(C)O)C(OC=O)C[C@@H](C(C)(C)C)C23C)cc1. The van der Waals surface area contributed by atoms with E-state index in [0.29, 0.717) is 19.5 Å². The van der Waals surface area contributed by atoms with E-state index >= 15 is 0 Å². The van der Waals surface area contributed by atoms with Crippen LogP contribution in [0.15, 0.2) is 24.3 Å². The fraction of sp³-hybridized carbons (Fsp3) is 0.719. The molecule has 0 spiro atoms. The van der Waals surface area contributed by atoms with E-state index in [1.54, 1.807) is 6.92 Å². The number of aliphatic hydroxyl groups excluding tert-OH is 1. The zero-order chi connectivity index (χ0) is 32.5. The van der Waals surface area contributed by atoms with Gasteiger partial charge in [0.2, 0.25) is 0 Å². The molecule has 44 heavy (non-hydrogen) atoms. The summed E-state index contributed by atoms with van der Waals surface area (Å²) in [4.78, 5) is 48.0. The van der Waals surface area contributed by atoms with Crippen LogP contribution in [0.5, 0.6) is 0 Å². The van der Waals surface area contributed by atoms with Crippen molar-refractivity contribution in [2.75, 3.05) is 27.1 Å². The second-order valence-corrected chi connectivity index (χ2v) is 13.6. The molecule has 1 saturated carbocycles. The van der Waals surface area contributed by atoms with Gasteiger partial charge in [0, 0.05) is 5.41 Å². The Bertz CT molecular complexity index is 1180. The van der Waals surface area contributed by atoms with Gasteiger partial charge in [-0.15, -0.1) is 0 Å². The van der Waals surface area contributed by atoms with Crippen molar-refractivity contribution in [3.8, 4) is 0 Å². The Morgan fingerprint density at radius 2 is 1.77 bits per heavy atom. The second kappa shape index (κ2) is 13.0. The van der Waals surface area contributed by atoms with Crippen LogP contribution in [0.3, 0.4) is 0 Å². The molecule has 0 radical (unpaired) electrons. The fourth-order valence-electron chi connectivity index (χ4n) is 7.69. The standard InChI is InChI=1S/C32H46O12/c1-19-27(35)44-25(31(19,6)37)24(34)32-16-39-18-42-28(36)26(30(32,5)22(29(2,3)4)14-23(32)41-17-33)40-15-21-10-8-20(9-11-21)12-13-43-38-7/h8-11,17,19,22-26,34,37H,12-16,18H2,1-7H3/t19-,22+,23?,24+,25?,26+,30?,31-,32?/m1/s1. The van der Waals surface area contributed by atoms with Crippen molar-refractivity contribution in [3.05, 3.63) is 35.4 Å². The van der Waals surface area contributed by atoms with Crippen LogP contribution in [0.25, 0.3) is 0 Å². The smallest absolute Gasteiger partial charge is 0.337 e. The highest BCUT2D eigenvalue weighted by molar-refractivity contribution is 5.77. The van der Waals surface area contributed by atoms with Crippen LogP contribution in [-0.2, 0) is 60.9 Å². The number of carbonyl (C=O) groups excluding carboxylic acids is 3. The van der Waals surface area contributed by atoms with E-state index in [-0.39, 0.29) is 19.6 Å². The first-order chi connectivity index (χ1) is 20.7. The Kier molecular flexibility index (Phi) is 10.1. The van der Waals surface area contributed by atoms with Crippen molar-refractivity contribution < 1.29 is 58.1 Å². The van der Waals surface area contributed by atoms with Crippen LogP contribution in [-0.4, -0.2) is 85.8 Å². The minimum atomic E-state index is -1.77. The maximum Gasteiger partial charge on any atom is 0.337 e. The second-order valence-electron chi connectivity index (χ2n) is 13.6. The normalized spacial score (nSPS) is 36.5. The molecule has 2 saturated heterocycles. The molecule has 1 aliphatic carbocycles. The third-order valence-corrected chi connectivity index (χ3v) is 10.3. The van der Waals surface area contributed by atoms with Gasteiger partial charge in [0.1, 0.15) is 17.8 Å². The van der Waals surface area contributed by atoms with E-state index in [4.69, 9.17) is 28.6 Å². The average Bonchev–Trinajstić information content (AvgIpc) is 3.33. The number of carbonyl (C=O) groups is 3. The fourth-order valence-corrected chi connectivity index (χ4v) is 7.69. The van der Waals surface area contributed by atoms with Gasteiger partial charge in [0.15, 0.2) is 19.0 Å². The number of cyclic esters (lactones) is 2. The Morgan fingerprint density at radius 1 is 1.11 bits per heavy atom. The minimum Gasteiger partial charge on any atom is -0.464 e. The van der Waals surface area contributed by atoms with Crippen LogP contribution < -0.4 is 0 Å². The molecule has 4 unspecified atom stereocenters. The molecule has 246 valence electrons. The lowest BCUT2D eigenvalue weighted by molar-refractivity contribution is -0.271. The Labute approximate surface area is 258 Å². The molecular formula is C32H46O12. The van der Waals surface area contributed by atoms with Gasteiger partial charge in [-0.05, 0) is 49.1 Å². The van der Waals surface area contributed by atoms with Gasteiger partial charge in [-0.3, -0.25) is 9.59 Å². The number of hydrogen-bond acceptors (Lipinski definition) is 12. The Morgan fingerprint density at radius 3 is 2.34 bits per heavy atom. The van der Waals surface area contributed by atoms with Crippen LogP contribution in [0.4, 0.5) is 0 Å². The van der Waals surface area contributed by atoms with Gasteiger partial charge in [-0.2, -0.15) is 0 Å². The summed E-state index contributed by atoms with van der Waals surface area (Å²) in [6, 6.07) is 7.62. The van der Waals surface area contributed by atoms with Crippen LogP contribution in [0, 0.1) is 28.1 Å². The molecule has 2 aliphatic heterocycles.